The first kappa shape index (κ1) is 13.9. The monoisotopic (exact) mass is 288 g/mol. The summed E-state index contributed by atoms with van der Waals surface area (Å²) in [6, 6.07) is 5.47. The van der Waals surface area contributed by atoms with E-state index in [1.165, 1.54) is 0 Å². The zero-order chi connectivity index (χ0) is 14.8. The topological polar surface area (TPSA) is 88.1 Å². The van der Waals surface area contributed by atoms with Crippen molar-refractivity contribution >= 4 is 5.91 Å². The van der Waals surface area contributed by atoms with Gasteiger partial charge in [-0.25, -0.2) is 0 Å². The summed E-state index contributed by atoms with van der Waals surface area (Å²) in [4.78, 5) is 14.4. The fourth-order valence-corrected chi connectivity index (χ4v) is 2.77. The van der Waals surface area contributed by atoms with Gasteiger partial charge >= 0.3 is 0 Å². The number of amides is 1. The lowest BCUT2D eigenvalue weighted by molar-refractivity contribution is 0.0655. The second-order valence-electron chi connectivity index (χ2n) is 5.66. The number of carbonyl (C=O) groups is 1. The molecule has 112 valence electrons. The molecule has 0 bridgehead atoms. The molecule has 3 N–H and O–H groups in total. The fourth-order valence-electron chi connectivity index (χ4n) is 2.77. The molecule has 2 aromatic rings. The van der Waals surface area contributed by atoms with Crippen molar-refractivity contribution in [3.63, 3.8) is 0 Å². The molecule has 0 spiro atoms. The summed E-state index contributed by atoms with van der Waals surface area (Å²) in [7, 11) is 0. The number of aromatic nitrogens is 2. The van der Waals surface area contributed by atoms with Crippen LogP contribution in [0.3, 0.4) is 0 Å². The maximum absolute atomic E-state index is 12.5. The average molecular weight is 288 g/mol. The third kappa shape index (κ3) is 2.85. The number of nitrogens with zero attached hydrogens (tertiary/aromatic N) is 2. The van der Waals surface area contributed by atoms with E-state index in [4.69, 9.17) is 10.2 Å². The predicted molar refractivity (Wildman–Crippen MR) is 78.6 cm³/mol. The first-order chi connectivity index (χ1) is 10.1. The van der Waals surface area contributed by atoms with E-state index in [0.29, 0.717) is 29.6 Å². The lowest BCUT2D eigenvalue weighted by atomic mass is 9.92. The Bertz CT molecular complexity index is 603. The molecule has 6 heteroatoms. The number of nitrogens with one attached hydrogen (secondary N) is 1. The van der Waals surface area contributed by atoms with E-state index in [1.54, 1.807) is 18.4 Å². The Kier molecular flexibility index (Phi) is 3.79. The minimum Gasteiger partial charge on any atom is -0.463 e. The fraction of sp³-hybridized carbons (Fsp3) is 0.467. The van der Waals surface area contributed by atoms with E-state index in [9.17, 15) is 4.79 Å². The van der Waals surface area contributed by atoms with E-state index in [2.05, 4.69) is 10.2 Å². The summed E-state index contributed by atoms with van der Waals surface area (Å²) in [5.41, 5.74) is 7.10. The van der Waals surface area contributed by atoms with Crippen LogP contribution in [0.5, 0.6) is 0 Å². The summed E-state index contributed by atoms with van der Waals surface area (Å²) in [6.07, 6.45) is 3.67. The Morgan fingerprint density at radius 3 is 3.19 bits per heavy atom. The van der Waals surface area contributed by atoms with Crippen molar-refractivity contribution < 1.29 is 9.21 Å². The van der Waals surface area contributed by atoms with Crippen molar-refractivity contribution in [2.75, 3.05) is 13.1 Å². The van der Waals surface area contributed by atoms with E-state index in [0.717, 1.165) is 19.4 Å². The first-order valence-corrected chi connectivity index (χ1v) is 7.29. The highest BCUT2D eigenvalue weighted by atomic mass is 16.3. The van der Waals surface area contributed by atoms with Gasteiger partial charge in [0.15, 0.2) is 11.5 Å². The van der Waals surface area contributed by atoms with Gasteiger partial charge in [-0.05, 0) is 37.8 Å². The van der Waals surface area contributed by atoms with E-state index < -0.39 is 0 Å². The van der Waals surface area contributed by atoms with Gasteiger partial charge in [0.25, 0.3) is 5.91 Å². The number of nitrogens with two attached hydrogens (primary N) is 1. The number of likely N-dealkylation sites (tertiary alicyclic amines) is 1. The molecule has 1 aliphatic rings. The highest BCUT2D eigenvalue weighted by Gasteiger charge is 2.27. The molecule has 6 nitrogen and oxygen atoms in total. The van der Waals surface area contributed by atoms with Gasteiger partial charge in [-0.1, -0.05) is 0 Å². The molecule has 1 saturated heterocycles. The molecule has 2 aromatic heterocycles. The average Bonchev–Trinajstić information content (AvgIpc) is 3.17. The lowest BCUT2D eigenvalue weighted by Crippen LogP contribution is -2.45. The van der Waals surface area contributed by atoms with Crippen LogP contribution in [0.2, 0.25) is 0 Å². The van der Waals surface area contributed by atoms with Gasteiger partial charge in [0.2, 0.25) is 0 Å². The Morgan fingerprint density at radius 1 is 1.62 bits per heavy atom. The predicted octanol–water partition coefficient (Wildman–Crippen LogP) is 1.87. The van der Waals surface area contributed by atoms with Crippen LogP contribution in [0.4, 0.5) is 0 Å². The normalized spacial score (nSPS) is 20.5. The van der Waals surface area contributed by atoms with Crippen LogP contribution in [-0.2, 0) is 0 Å². The molecule has 21 heavy (non-hydrogen) atoms. The summed E-state index contributed by atoms with van der Waals surface area (Å²) < 4.78 is 5.29. The third-order valence-corrected chi connectivity index (χ3v) is 4.07. The third-order valence-electron chi connectivity index (χ3n) is 4.07. The van der Waals surface area contributed by atoms with Gasteiger partial charge in [-0.15, -0.1) is 0 Å². The van der Waals surface area contributed by atoms with Crippen LogP contribution in [0.25, 0.3) is 11.5 Å². The Hall–Kier alpha value is -2.08. The van der Waals surface area contributed by atoms with Crippen LogP contribution < -0.4 is 5.73 Å². The first-order valence-electron chi connectivity index (χ1n) is 7.29. The van der Waals surface area contributed by atoms with E-state index in [1.807, 2.05) is 17.9 Å². The number of piperidine rings is 1. The second kappa shape index (κ2) is 5.73. The number of rotatable bonds is 3. The highest BCUT2D eigenvalue weighted by molar-refractivity contribution is 5.93. The molecule has 3 heterocycles. The standard InChI is InChI=1S/C15H20N4O2/c1-10(16)11-4-2-6-19(9-11)15(20)13-8-12(17-18-13)14-5-3-7-21-14/h3,5,7-8,10-11H,2,4,6,9,16H2,1H3,(H,17,18). The molecule has 0 radical (unpaired) electrons. The molecule has 1 amide bonds. The van der Waals surface area contributed by atoms with Gasteiger partial charge in [0.05, 0.1) is 6.26 Å². The summed E-state index contributed by atoms with van der Waals surface area (Å²) >= 11 is 0. The molecule has 1 aliphatic heterocycles. The van der Waals surface area contributed by atoms with Crippen molar-refractivity contribution in [3.05, 3.63) is 30.2 Å². The quantitative estimate of drug-likeness (QED) is 0.902. The van der Waals surface area contributed by atoms with Crippen molar-refractivity contribution in [1.82, 2.24) is 15.1 Å². The minimum absolute atomic E-state index is 0.0468. The largest absolute Gasteiger partial charge is 0.463 e. The molecular weight excluding hydrogens is 268 g/mol. The smallest absolute Gasteiger partial charge is 0.274 e. The number of furan rings is 1. The maximum Gasteiger partial charge on any atom is 0.274 e. The van der Waals surface area contributed by atoms with E-state index in [-0.39, 0.29) is 11.9 Å². The molecule has 0 saturated carbocycles. The van der Waals surface area contributed by atoms with Crippen LogP contribution in [0.1, 0.15) is 30.3 Å². The summed E-state index contributed by atoms with van der Waals surface area (Å²) in [5.74, 6) is 0.995. The number of hydrogen-bond donors (Lipinski definition) is 2. The Labute approximate surface area is 123 Å². The number of carbonyl (C=O) groups excluding carboxylic acids is 1. The second-order valence-corrected chi connectivity index (χ2v) is 5.66. The molecule has 2 atom stereocenters. The molecule has 1 fully saturated rings. The van der Waals surface area contributed by atoms with Crippen LogP contribution in [0, 0.1) is 5.92 Å². The maximum atomic E-state index is 12.5. The molecular formula is C15H20N4O2. The highest BCUT2D eigenvalue weighted by Crippen LogP contribution is 2.22. The number of hydrogen-bond acceptors (Lipinski definition) is 4. The van der Waals surface area contributed by atoms with Crippen LogP contribution in [0.15, 0.2) is 28.9 Å². The Balaban J connectivity index is 1.73. The van der Waals surface area contributed by atoms with E-state index >= 15 is 0 Å². The Morgan fingerprint density at radius 2 is 2.48 bits per heavy atom. The van der Waals surface area contributed by atoms with Gasteiger partial charge in [0.1, 0.15) is 5.69 Å². The van der Waals surface area contributed by atoms with Crippen molar-refractivity contribution in [2.24, 2.45) is 11.7 Å². The zero-order valence-electron chi connectivity index (χ0n) is 12.1. The summed E-state index contributed by atoms with van der Waals surface area (Å²) in [6.45, 7) is 3.48. The molecule has 2 unspecified atom stereocenters. The molecule has 3 rings (SSSR count). The number of H-pyrrole nitrogens is 1. The van der Waals surface area contributed by atoms with Crippen LogP contribution in [-0.4, -0.2) is 40.1 Å². The van der Waals surface area contributed by atoms with Crippen molar-refractivity contribution in [1.29, 1.82) is 0 Å². The number of aromatic amines is 1. The van der Waals surface area contributed by atoms with Gasteiger partial charge < -0.3 is 15.1 Å². The van der Waals surface area contributed by atoms with Gasteiger partial charge in [0, 0.05) is 25.2 Å². The SMILES string of the molecule is CC(N)C1CCCN(C(=O)c2cc(-c3ccco3)[nH]n2)C1. The lowest BCUT2D eigenvalue weighted by Gasteiger charge is -2.34. The zero-order valence-corrected chi connectivity index (χ0v) is 12.1. The molecule has 0 aromatic carbocycles. The van der Waals surface area contributed by atoms with Gasteiger partial charge in [-0.3, -0.25) is 9.89 Å². The van der Waals surface area contributed by atoms with Crippen molar-refractivity contribution in [3.8, 4) is 11.5 Å². The van der Waals surface area contributed by atoms with Gasteiger partial charge in [-0.2, -0.15) is 5.10 Å². The van der Waals surface area contributed by atoms with Crippen molar-refractivity contribution in [2.45, 2.75) is 25.8 Å². The van der Waals surface area contributed by atoms with Crippen LogP contribution >= 0.6 is 0 Å². The summed E-state index contributed by atoms with van der Waals surface area (Å²) in [5, 5.41) is 6.96. The minimum atomic E-state index is -0.0468. The molecule has 0 aliphatic carbocycles.